The number of benzene rings is 1. The van der Waals surface area contributed by atoms with Crippen LogP contribution >= 0.6 is 0 Å². The molecule has 0 aromatic heterocycles. The first-order chi connectivity index (χ1) is 8.02. The van der Waals surface area contributed by atoms with E-state index in [1.807, 2.05) is 0 Å². The molecule has 90 valence electrons. The molecule has 0 aliphatic heterocycles. The molecule has 1 aliphatic rings. The quantitative estimate of drug-likeness (QED) is 0.852. The highest BCUT2D eigenvalue weighted by Crippen LogP contribution is 2.50. The summed E-state index contributed by atoms with van der Waals surface area (Å²) in [5.74, 6) is -0.381. The van der Waals surface area contributed by atoms with E-state index in [0.717, 1.165) is 12.8 Å². The Bertz CT molecular complexity index is 456. The average Bonchev–Trinajstić information content (AvgIpc) is 2.79. The van der Waals surface area contributed by atoms with Crippen molar-refractivity contribution in [3.63, 3.8) is 0 Å². The molecule has 1 aromatic carbocycles. The summed E-state index contributed by atoms with van der Waals surface area (Å²) in [5.41, 5.74) is -1.58. The lowest BCUT2D eigenvalue weighted by atomic mass is 9.69. The van der Waals surface area contributed by atoms with Crippen molar-refractivity contribution in [1.82, 2.24) is 0 Å². The Morgan fingerprint density at radius 3 is 2.59 bits per heavy atom. The van der Waals surface area contributed by atoms with Gasteiger partial charge in [-0.3, -0.25) is 0 Å². The summed E-state index contributed by atoms with van der Waals surface area (Å²) in [5, 5.41) is 20.1. The number of halogens is 1. The summed E-state index contributed by atoms with van der Waals surface area (Å²) in [6, 6.07) is 8.17. The highest BCUT2D eigenvalue weighted by atomic mass is 19.1. The highest BCUT2D eigenvalue weighted by molar-refractivity contribution is 5.29. The fourth-order valence-electron chi connectivity index (χ4n) is 2.75. The van der Waals surface area contributed by atoms with E-state index in [-0.39, 0.29) is 5.82 Å². The predicted molar refractivity (Wildman–Crippen MR) is 62.5 cm³/mol. The number of rotatable bonds is 2. The number of hydrogen-bond donors (Lipinski definition) is 1. The minimum atomic E-state index is -1.29. The lowest BCUT2D eigenvalue weighted by Crippen LogP contribution is -2.40. The van der Waals surface area contributed by atoms with Gasteiger partial charge in [-0.25, -0.2) is 4.39 Å². The van der Waals surface area contributed by atoms with Crippen molar-refractivity contribution in [3.05, 3.63) is 35.6 Å². The Kier molecular flexibility index (Phi) is 2.92. The van der Waals surface area contributed by atoms with Gasteiger partial charge in [-0.15, -0.1) is 0 Å². The first kappa shape index (κ1) is 12.1. The Hall–Kier alpha value is -1.40. The van der Waals surface area contributed by atoms with Crippen LogP contribution in [-0.2, 0) is 5.60 Å². The lowest BCUT2D eigenvalue weighted by Gasteiger charge is -2.37. The van der Waals surface area contributed by atoms with Gasteiger partial charge in [0.1, 0.15) is 11.4 Å². The minimum absolute atomic E-state index is 0.381. The zero-order valence-corrected chi connectivity index (χ0v) is 9.91. The molecule has 0 amide bonds. The van der Waals surface area contributed by atoms with Crippen LogP contribution in [0.4, 0.5) is 4.39 Å². The van der Waals surface area contributed by atoms with E-state index in [4.69, 9.17) is 0 Å². The molecule has 0 saturated heterocycles. The smallest absolute Gasteiger partial charge is 0.123 e. The van der Waals surface area contributed by atoms with E-state index in [1.54, 1.807) is 19.1 Å². The second-order valence-corrected chi connectivity index (χ2v) is 4.98. The van der Waals surface area contributed by atoms with E-state index < -0.39 is 11.0 Å². The molecule has 3 heteroatoms. The monoisotopic (exact) mass is 233 g/mol. The van der Waals surface area contributed by atoms with Crippen molar-refractivity contribution in [2.24, 2.45) is 5.41 Å². The Morgan fingerprint density at radius 1 is 1.41 bits per heavy atom. The molecule has 0 bridgehead atoms. The number of nitrogens with zero attached hydrogens (tertiary/aromatic N) is 1. The van der Waals surface area contributed by atoms with Crippen molar-refractivity contribution in [3.8, 4) is 6.07 Å². The van der Waals surface area contributed by atoms with Crippen LogP contribution in [0, 0.1) is 22.6 Å². The first-order valence-corrected chi connectivity index (χ1v) is 5.91. The molecular weight excluding hydrogens is 217 g/mol. The predicted octanol–water partition coefficient (Wildman–Crippen LogP) is 3.12. The third-order valence-electron chi connectivity index (χ3n) is 3.99. The lowest BCUT2D eigenvalue weighted by molar-refractivity contribution is -0.0424. The second kappa shape index (κ2) is 4.12. The van der Waals surface area contributed by atoms with Gasteiger partial charge in [-0.2, -0.15) is 5.26 Å². The van der Waals surface area contributed by atoms with Gasteiger partial charge in [0.15, 0.2) is 0 Å². The van der Waals surface area contributed by atoms with Crippen LogP contribution in [0.5, 0.6) is 0 Å². The minimum Gasteiger partial charge on any atom is -0.384 e. The maximum Gasteiger partial charge on any atom is 0.123 e. The van der Waals surface area contributed by atoms with E-state index in [2.05, 4.69) is 6.07 Å². The molecule has 1 saturated carbocycles. The summed E-state index contributed by atoms with van der Waals surface area (Å²) < 4.78 is 13.2. The summed E-state index contributed by atoms with van der Waals surface area (Å²) in [6.45, 7) is 1.62. The van der Waals surface area contributed by atoms with Gasteiger partial charge in [0, 0.05) is 0 Å². The van der Waals surface area contributed by atoms with Crippen molar-refractivity contribution < 1.29 is 9.50 Å². The largest absolute Gasteiger partial charge is 0.384 e. The number of hydrogen-bond acceptors (Lipinski definition) is 2. The Balaban J connectivity index is 2.45. The van der Waals surface area contributed by atoms with Gasteiger partial charge < -0.3 is 5.11 Å². The third-order valence-corrected chi connectivity index (χ3v) is 3.99. The van der Waals surface area contributed by atoms with Crippen LogP contribution in [0.1, 0.15) is 38.2 Å². The summed E-state index contributed by atoms with van der Waals surface area (Å²) >= 11 is 0. The van der Waals surface area contributed by atoms with Crippen molar-refractivity contribution in [2.45, 2.75) is 38.2 Å². The zero-order valence-electron chi connectivity index (χ0n) is 9.91. The molecular formula is C14H16FNO. The summed E-state index contributed by atoms with van der Waals surface area (Å²) in [6.07, 6.45) is 3.23. The van der Waals surface area contributed by atoms with Gasteiger partial charge in [0.05, 0.1) is 11.5 Å². The molecule has 0 radical (unpaired) electrons. The maximum absolute atomic E-state index is 13.2. The molecule has 17 heavy (non-hydrogen) atoms. The highest BCUT2D eigenvalue weighted by Gasteiger charge is 2.50. The molecule has 0 heterocycles. The maximum atomic E-state index is 13.2. The molecule has 1 fully saturated rings. The van der Waals surface area contributed by atoms with E-state index >= 15 is 0 Å². The van der Waals surface area contributed by atoms with Crippen LogP contribution in [0.2, 0.25) is 0 Å². The van der Waals surface area contributed by atoms with Crippen LogP contribution < -0.4 is 0 Å². The number of aliphatic hydroxyl groups is 1. The van der Waals surface area contributed by atoms with Gasteiger partial charge in [-0.1, -0.05) is 25.0 Å². The summed E-state index contributed by atoms with van der Waals surface area (Å²) in [7, 11) is 0. The van der Waals surface area contributed by atoms with E-state index in [1.165, 1.54) is 12.1 Å². The van der Waals surface area contributed by atoms with Crippen LogP contribution in [0.25, 0.3) is 0 Å². The van der Waals surface area contributed by atoms with Gasteiger partial charge >= 0.3 is 0 Å². The Morgan fingerprint density at radius 2 is 2.06 bits per heavy atom. The topological polar surface area (TPSA) is 44.0 Å². The molecule has 0 spiro atoms. The number of nitriles is 1. The molecule has 2 rings (SSSR count). The van der Waals surface area contributed by atoms with Crippen LogP contribution in [-0.4, -0.2) is 5.11 Å². The molecule has 1 aliphatic carbocycles. The van der Waals surface area contributed by atoms with Crippen molar-refractivity contribution >= 4 is 0 Å². The summed E-state index contributed by atoms with van der Waals surface area (Å²) in [4.78, 5) is 0. The zero-order chi connectivity index (χ0) is 12.5. The fraction of sp³-hybridized carbons (Fsp3) is 0.500. The van der Waals surface area contributed by atoms with Crippen molar-refractivity contribution in [2.75, 3.05) is 0 Å². The van der Waals surface area contributed by atoms with Crippen LogP contribution in [0.3, 0.4) is 0 Å². The fourth-order valence-corrected chi connectivity index (χ4v) is 2.75. The molecule has 1 atom stereocenters. The molecule has 1 N–H and O–H groups in total. The van der Waals surface area contributed by atoms with Crippen LogP contribution in [0.15, 0.2) is 24.3 Å². The molecule has 1 unspecified atom stereocenters. The normalized spacial score (nSPS) is 21.8. The third kappa shape index (κ3) is 1.83. The van der Waals surface area contributed by atoms with Gasteiger partial charge in [-0.05, 0) is 37.5 Å². The second-order valence-electron chi connectivity index (χ2n) is 4.98. The van der Waals surface area contributed by atoms with Gasteiger partial charge in [0.2, 0.25) is 0 Å². The standard InChI is InChI=1S/C14H16FNO/c1-13(17,11-5-4-6-12(15)9-11)14(10-16)7-2-3-8-14/h4-6,9,17H,2-3,7-8H2,1H3. The SMILES string of the molecule is CC(O)(c1cccc(F)c1)C1(C#N)CCCC1. The Labute approximate surface area is 101 Å². The van der Waals surface area contributed by atoms with E-state index in [0.29, 0.717) is 18.4 Å². The van der Waals surface area contributed by atoms with Gasteiger partial charge in [0.25, 0.3) is 0 Å². The average molecular weight is 233 g/mol. The molecule has 2 nitrogen and oxygen atoms in total. The first-order valence-electron chi connectivity index (χ1n) is 5.91. The van der Waals surface area contributed by atoms with Crippen molar-refractivity contribution in [1.29, 1.82) is 5.26 Å². The van der Waals surface area contributed by atoms with E-state index in [9.17, 15) is 14.8 Å². The molecule has 1 aromatic rings.